The first-order valence-corrected chi connectivity index (χ1v) is 11.4. The summed E-state index contributed by atoms with van der Waals surface area (Å²) in [7, 11) is 1.52. The molecule has 0 bridgehead atoms. The zero-order chi connectivity index (χ0) is 26.0. The molecule has 3 aromatic carbocycles. The molecule has 0 aliphatic carbocycles. The number of hydrogen-bond donors (Lipinski definition) is 1. The normalized spacial score (nSPS) is 12.2. The number of ether oxygens (including phenoxy) is 3. The Morgan fingerprint density at radius 3 is 2.31 bits per heavy atom. The summed E-state index contributed by atoms with van der Waals surface area (Å²) in [6.45, 7) is 6.89. The number of methoxy groups -OCH3 is 1. The molecule has 1 aromatic heterocycles. The molecule has 36 heavy (non-hydrogen) atoms. The van der Waals surface area contributed by atoms with Crippen LogP contribution in [0, 0.1) is 6.92 Å². The van der Waals surface area contributed by atoms with E-state index in [9.17, 15) is 14.4 Å². The maximum Gasteiger partial charge on any atom is 0.408 e. The maximum absolute atomic E-state index is 13.3. The zero-order valence-corrected chi connectivity index (χ0v) is 20.7. The third-order valence-corrected chi connectivity index (χ3v) is 5.53. The van der Waals surface area contributed by atoms with Crippen molar-refractivity contribution in [1.29, 1.82) is 0 Å². The van der Waals surface area contributed by atoms with Gasteiger partial charge in [-0.3, -0.25) is 0 Å². The molecule has 1 heterocycles. The average Bonchev–Trinajstić information content (AvgIpc) is 2.84. The van der Waals surface area contributed by atoms with E-state index in [2.05, 4.69) is 5.32 Å². The molecule has 0 aliphatic rings. The Balaban J connectivity index is 1.70. The number of amides is 1. The Morgan fingerprint density at radius 2 is 1.64 bits per heavy atom. The summed E-state index contributed by atoms with van der Waals surface area (Å²) in [5, 5.41) is 4.36. The van der Waals surface area contributed by atoms with Crippen LogP contribution in [0.1, 0.15) is 37.9 Å². The van der Waals surface area contributed by atoms with Gasteiger partial charge >= 0.3 is 17.7 Å². The van der Waals surface area contributed by atoms with Crippen LogP contribution < -0.4 is 20.4 Å². The molecule has 8 heteroatoms. The predicted molar refractivity (Wildman–Crippen MR) is 135 cm³/mol. The summed E-state index contributed by atoms with van der Waals surface area (Å²) >= 11 is 0. The molecule has 8 nitrogen and oxygen atoms in total. The lowest BCUT2D eigenvalue weighted by Crippen LogP contribution is -2.39. The molecule has 4 rings (SSSR count). The van der Waals surface area contributed by atoms with Gasteiger partial charge in [0.2, 0.25) is 0 Å². The lowest BCUT2D eigenvalue weighted by Gasteiger charge is -2.23. The summed E-state index contributed by atoms with van der Waals surface area (Å²) in [5.74, 6) is 0.0266. The van der Waals surface area contributed by atoms with Gasteiger partial charge in [-0.25, -0.2) is 14.4 Å². The average molecular weight is 490 g/mol. The van der Waals surface area contributed by atoms with Crippen molar-refractivity contribution in [2.45, 2.75) is 39.3 Å². The Hall–Kier alpha value is -4.33. The Labute approximate surface area is 207 Å². The summed E-state index contributed by atoms with van der Waals surface area (Å²) in [6, 6.07) is 16.1. The van der Waals surface area contributed by atoms with E-state index in [1.165, 1.54) is 7.11 Å². The Bertz CT molecular complexity index is 1500. The first kappa shape index (κ1) is 24.8. The van der Waals surface area contributed by atoms with Crippen molar-refractivity contribution in [3.8, 4) is 11.5 Å². The van der Waals surface area contributed by atoms with Crippen LogP contribution >= 0.6 is 0 Å². The second-order valence-electron chi connectivity index (χ2n) is 9.28. The summed E-state index contributed by atoms with van der Waals surface area (Å²) in [5.41, 5.74) is 0.0307. The molecule has 0 fully saturated rings. The van der Waals surface area contributed by atoms with Gasteiger partial charge in [-0.1, -0.05) is 30.3 Å². The molecule has 0 aliphatic heterocycles. The zero-order valence-electron chi connectivity index (χ0n) is 20.7. The Kier molecular flexibility index (Phi) is 6.70. The molecule has 1 amide bonds. The second kappa shape index (κ2) is 9.73. The van der Waals surface area contributed by atoms with Gasteiger partial charge in [0, 0.05) is 16.3 Å². The highest BCUT2D eigenvalue weighted by atomic mass is 16.6. The number of fused-ring (bicyclic) bond motifs is 3. The van der Waals surface area contributed by atoms with Crippen LogP contribution in [-0.4, -0.2) is 24.8 Å². The number of benzene rings is 3. The topological polar surface area (TPSA) is 104 Å². The minimum atomic E-state index is -1.12. The van der Waals surface area contributed by atoms with Crippen LogP contribution in [0.15, 0.2) is 69.9 Å². The first-order valence-electron chi connectivity index (χ1n) is 11.4. The van der Waals surface area contributed by atoms with Gasteiger partial charge in [0.1, 0.15) is 22.7 Å². The fourth-order valence-corrected chi connectivity index (χ4v) is 3.85. The molecule has 1 atom stereocenters. The first-order chi connectivity index (χ1) is 17.1. The number of carbonyl (C=O) groups excluding carboxylic acids is 2. The lowest BCUT2D eigenvalue weighted by atomic mass is 10.0. The van der Waals surface area contributed by atoms with Crippen molar-refractivity contribution >= 4 is 33.8 Å². The third kappa shape index (κ3) is 5.17. The number of carbonyl (C=O) groups is 2. The standard InChI is InChI=1S/C28H27NO7/c1-16-22(14-13-20-19-12-11-18(33-5)15-21(19)25(30)35-24(16)20)34-26(31)23(17-9-7-6-8-10-17)29-27(32)36-28(2,3)4/h6-15,23H,1-5H3,(H,29,32)/t23-/m1/s1. The van der Waals surface area contributed by atoms with Gasteiger partial charge in [-0.2, -0.15) is 0 Å². The van der Waals surface area contributed by atoms with Crippen LogP contribution in [-0.2, 0) is 9.53 Å². The molecule has 0 saturated heterocycles. The lowest BCUT2D eigenvalue weighted by molar-refractivity contribution is -0.137. The highest BCUT2D eigenvalue weighted by Gasteiger charge is 2.28. The minimum absolute atomic E-state index is 0.204. The van der Waals surface area contributed by atoms with E-state index in [0.29, 0.717) is 38.6 Å². The van der Waals surface area contributed by atoms with Crippen molar-refractivity contribution in [2.24, 2.45) is 0 Å². The van der Waals surface area contributed by atoms with Crippen molar-refractivity contribution in [2.75, 3.05) is 7.11 Å². The fourth-order valence-electron chi connectivity index (χ4n) is 3.85. The van der Waals surface area contributed by atoms with Crippen molar-refractivity contribution < 1.29 is 28.2 Å². The Morgan fingerprint density at radius 1 is 0.944 bits per heavy atom. The van der Waals surface area contributed by atoms with E-state index in [1.807, 2.05) is 0 Å². The quantitative estimate of drug-likeness (QED) is 0.172. The minimum Gasteiger partial charge on any atom is -0.497 e. The number of rotatable bonds is 5. The number of esters is 1. The van der Waals surface area contributed by atoms with Crippen molar-refractivity contribution in [3.63, 3.8) is 0 Å². The van der Waals surface area contributed by atoms with Gasteiger partial charge < -0.3 is 23.9 Å². The molecule has 0 saturated carbocycles. The summed E-state index contributed by atoms with van der Waals surface area (Å²) in [6.07, 6.45) is -0.753. The second-order valence-corrected chi connectivity index (χ2v) is 9.28. The van der Waals surface area contributed by atoms with E-state index >= 15 is 0 Å². The summed E-state index contributed by atoms with van der Waals surface area (Å²) in [4.78, 5) is 38.4. The number of alkyl carbamates (subject to hydrolysis) is 1. The fraction of sp³-hybridized carbons (Fsp3) is 0.250. The van der Waals surface area contributed by atoms with Crippen molar-refractivity contribution in [1.82, 2.24) is 5.32 Å². The molecule has 4 aromatic rings. The summed E-state index contributed by atoms with van der Waals surface area (Å²) < 4.78 is 21.8. The van der Waals surface area contributed by atoms with Crippen LogP contribution in [0.5, 0.6) is 11.5 Å². The molecular weight excluding hydrogens is 462 g/mol. The van der Waals surface area contributed by atoms with Crippen LogP contribution in [0.3, 0.4) is 0 Å². The molecule has 0 radical (unpaired) electrons. The van der Waals surface area contributed by atoms with Gasteiger partial charge in [0.15, 0.2) is 6.04 Å². The highest BCUT2D eigenvalue weighted by Crippen LogP contribution is 2.33. The largest absolute Gasteiger partial charge is 0.497 e. The smallest absolute Gasteiger partial charge is 0.408 e. The number of hydrogen-bond acceptors (Lipinski definition) is 7. The molecule has 0 unspecified atom stereocenters. The van der Waals surface area contributed by atoms with Gasteiger partial charge in [-0.15, -0.1) is 0 Å². The number of nitrogens with one attached hydrogen (secondary N) is 1. The van der Waals surface area contributed by atoms with E-state index in [1.54, 1.807) is 88.4 Å². The van der Waals surface area contributed by atoms with Gasteiger partial charge in [0.25, 0.3) is 0 Å². The number of aryl methyl sites for hydroxylation is 1. The molecule has 1 N–H and O–H groups in total. The van der Waals surface area contributed by atoms with E-state index in [-0.39, 0.29) is 5.75 Å². The molecular formula is C28H27NO7. The van der Waals surface area contributed by atoms with Gasteiger partial charge in [-0.05, 0) is 63.6 Å². The predicted octanol–water partition coefficient (Wildman–Crippen LogP) is 5.43. The highest BCUT2D eigenvalue weighted by molar-refractivity contribution is 6.06. The molecule has 186 valence electrons. The van der Waals surface area contributed by atoms with Crippen LogP contribution in [0.25, 0.3) is 21.7 Å². The maximum atomic E-state index is 13.3. The van der Waals surface area contributed by atoms with Crippen LogP contribution in [0.4, 0.5) is 4.79 Å². The SMILES string of the molecule is COc1ccc2c(c1)c(=O)oc1c(C)c(OC(=O)[C@H](NC(=O)OC(C)(C)C)c3ccccc3)ccc12. The van der Waals surface area contributed by atoms with E-state index in [4.69, 9.17) is 18.6 Å². The van der Waals surface area contributed by atoms with E-state index < -0.39 is 29.3 Å². The van der Waals surface area contributed by atoms with Gasteiger partial charge in [0.05, 0.1) is 12.5 Å². The van der Waals surface area contributed by atoms with Crippen molar-refractivity contribution in [3.05, 3.63) is 82.2 Å². The third-order valence-electron chi connectivity index (χ3n) is 5.53. The molecule has 0 spiro atoms. The van der Waals surface area contributed by atoms with E-state index in [0.717, 1.165) is 0 Å². The van der Waals surface area contributed by atoms with Crippen LogP contribution in [0.2, 0.25) is 0 Å². The monoisotopic (exact) mass is 489 g/mol.